The number of likely N-dealkylation sites (N-methyl/N-ethyl adjacent to an activating group) is 1. The molecule has 0 radical (unpaired) electrons. The topological polar surface area (TPSA) is 183 Å². The third kappa shape index (κ3) is 9.86. The first kappa shape index (κ1) is 44.2. The average molecular weight is 883 g/mol. The minimum atomic E-state index is -0.853. The van der Waals surface area contributed by atoms with E-state index >= 15 is 0 Å². The van der Waals surface area contributed by atoms with Crippen LogP contribution in [0.25, 0.3) is 32.7 Å². The zero-order valence-corrected chi connectivity index (χ0v) is 37.7. The van der Waals surface area contributed by atoms with E-state index < -0.39 is 23.6 Å². The van der Waals surface area contributed by atoms with Gasteiger partial charge in [0.2, 0.25) is 11.8 Å². The smallest absolute Gasteiger partial charge is 0.254 e. The Bertz CT molecular complexity index is 2730. The quantitative estimate of drug-likeness (QED) is 0.0750. The van der Waals surface area contributed by atoms with Crippen LogP contribution in [0.15, 0.2) is 101 Å². The minimum Gasteiger partial charge on any atom is -0.507 e. The summed E-state index contributed by atoms with van der Waals surface area (Å²) in [5.74, 6) is -0.775. The van der Waals surface area contributed by atoms with E-state index in [1.807, 2.05) is 89.6 Å². The number of hydrogen-bond acceptors (Lipinski definition) is 12. The van der Waals surface area contributed by atoms with E-state index in [0.717, 1.165) is 43.9 Å². The standard InChI is InChI=1S/C49H54N8O6S/c1-29(2)44(48(61)57-27-37(58)24-40(57)47(60)52-49(4,5)35-17-15-33(16-18-35)45-30(3)50-28-64-45)42-25-43(55-63-42)62-20-19-56(6)26-32-13-11-31(12-14-32)21-36-22-34-23-39(53-54-46(34)51-36)38-9-7-8-10-41(38)59/h7-18,22-23,25,28-29,37,40,44,58-59H,19-21,24,26-27H2,1-6H3,(H,51,54)(H,52,60)/t37-,40+,44?/m1/s1. The fourth-order valence-electron chi connectivity index (χ4n) is 8.37. The molecule has 0 bridgehead atoms. The number of phenolic OH excluding ortho intramolecular Hbond substituents is 1. The van der Waals surface area contributed by atoms with E-state index in [-0.39, 0.29) is 42.3 Å². The molecule has 1 fully saturated rings. The van der Waals surface area contributed by atoms with Gasteiger partial charge in [-0.2, -0.15) is 0 Å². The number of aromatic nitrogens is 5. The number of carbonyl (C=O) groups excluding carboxylic acids is 2. The number of aromatic hydroxyl groups is 1. The Labute approximate surface area is 376 Å². The second-order valence-electron chi connectivity index (χ2n) is 17.6. The second kappa shape index (κ2) is 18.7. The summed E-state index contributed by atoms with van der Waals surface area (Å²) < 4.78 is 11.7. The largest absolute Gasteiger partial charge is 0.507 e. The summed E-state index contributed by atoms with van der Waals surface area (Å²) in [5, 5.41) is 37.8. The molecule has 14 nitrogen and oxygen atoms in total. The number of phenols is 1. The third-order valence-electron chi connectivity index (χ3n) is 11.9. The van der Waals surface area contributed by atoms with Crippen LogP contribution >= 0.6 is 11.3 Å². The number of aryl methyl sites for hydroxylation is 1. The summed E-state index contributed by atoms with van der Waals surface area (Å²) in [6.07, 6.45) is -0.000533. The van der Waals surface area contributed by atoms with Crippen molar-refractivity contribution in [1.29, 1.82) is 0 Å². The number of benzene rings is 3. The van der Waals surface area contributed by atoms with Gasteiger partial charge in [-0.15, -0.1) is 21.5 Å². The summed E-state index contributed by atoms with van der Waals surface area (Å²) in [4.78, 5) is 40.6. The number of amides is 2. The van der Waals surface area contributed by atoms with Crippen LogP contribution < -0.4 is 10.1 Å². The Balaban J connectivity index is 0.827. The summed E-state index contributed by atoms with van der Waals surface area (Å²) in [6.45, 7) is 11.4. The summed E-state index contributed by atoms with van der Waals surface area (Å²) in [7, 11) is 2.02. The molecule has 0 saturated carbocycles. The SMILES string of the molecule is Cc1ncsc1-c1ccc(C(C)(C)NC(=O)[C@@H]2C[C@@H](O)CN2C(=O)C(c2cc(OCCN(C)Cc3ccc(Cc4cc5cc(-c6ccccc6O)nnc5[nH]4)cc3)no2)C(C)C)cc1. The van der Waals surface area contributed by atoms with Crippen molar-refractivity contribution in [3.05, 3.63) is 130 Å². The number of β-amino-alcohol motifs (C(OH)–C–C–N with tert-alkyl or cyclic N) is 1. The number of H-pyrrole nitrogens is 1. The number of thiazole rings is 1. The van der Waals surface area contributed by atoms with Gasteiger partial charge < -0.3 is 34.7 Å². The number of nitrogens with zero attached hydrogens (tertiary/aromatic N) is 6. The predicted octanol–water partition coefficient (Wildman–Crippen LogP) is 7.60. The summed E-state index contributed by atoms with van der Waals surface area (Å²) >= 11 is 1.59. The van der Waals surface area contributed by atoms with Crippen molar-refractivity contribution in [1.82, 2.24) is 40.4 Å². The van der Waals surface area contributed by atoms with E-state index in [2.05, 4.69) is 65.9 Å². The number of aliphatic hydroxyl groups is 1. The molecule has 3 aromatic carbocycles. The molecule has 4 N–H and O–H groups in total. The van der Waals surface area contributed by atoms with Gasteiger partial charge in [0.25, 0.3) is 5.88 Å². The van der Waals surface area contributed by atoms with Crippen LogP contribution in [0, 0.1) is 12.8 Å². The molecule has 0 aliphatic carbocycles. The molecule has 7 aromatic rings. The van der Waals surface area contributed by atoms with E-state index in [9.17, 15) is 19.8 Å². The second-order valence-corrected chi connectivity index (χ2v) is 18.4. The number of fused-ring (bicyclic) bond motifs is 1. The molecule has 15 heteroatoms. The number of para-hydroxylation sites is 1. The van der Waals surface area contributed by atoms with E-state index in [0.29, 0.717) is 48.8 Å². The van der Waals surface area contributed by atoms with Crippen LogP contribution in [0.3, 0.4) is 0 Å². The lowest BCUT2D eigenvalue weighted by molar-refractivity contribution is -0.141. The zero-order chi connectivity index (χ0) is 45.1. The zero-order valence-electron chi connectivity index (χ0n) is 36.9. The summed E-state index contributed by atoms with van der Waals surface area (Å²) in [5.41, 5.74) is 9.32. The van der Waals surface area contributed by atoms with Crippen LogP contribution in [-0.4, -0.2) is 96.0 Å². The van der Waals surface area contributed by atoms with Gasteiger partial charge in [-0.1, -0.05) is 74.5 Å². The Morgan fingerprint density at radius 3 is 2.50 bits per heavy atom. The Morgan fingerprint density at radius 2 is 1.78 bits per heavy atom. The molecule has 5 heterocycles. The minimum absolute atomic E-state index is 0.0410. The van der Waals surface area contributed by atoms with Gasteiger partial charge in [-0.05, 0) is 85.4 Å². The van der Waals surface area contributed by atoms with Crippen LogP contribution in [-0.2, 0) is 28.1 Å². The molecule has 0 spiro atoms. The molecule has 1 aliphatic rings. The first-order valence-electron chi connectivity index (χ1n) is 21.5. The molecule has 1 aliphatic heterocycles. The molecule has 1 unspecified atom stereocenters. The van der Waals surface area contributed by atoms with Crippen molar-refractivity contribution >= 4 is 34.2 Å². The first-order chi connectivity index (χ1) is 30.7. The van der Waals surface area contributed by atoms with Gasteiger partial charge in [0, 0.05) is 55.2 Å². The molecular weight excluding hydrogens is 829 g/mol. The van der Waals surface area contributed by atoms with E-state index in [1.165, 1.54) is 4.90 Å². The maximum Gasteiger partial charge on any atom is 0.254 e. The van der Waals surface area contributed by atoms with Crippen molar-refractivity contribution in [2.24, 2.45) is 5.92 Å². The van der Waals surface area contributed by atoms with Crippen LogP contribution in [0.1, 0.15) is 73.9 Å². The lowest BCUT2D eigenvalue weighted by atomic mass is 9.91. The van der Waals surface area contributed by atoms with Crippen LogP contribution in [0.4, 0.5) is 0 Å². The monoisotopic (exact) mass is 882 g/mol. The fraction of sp³-hybridized carbons (Fsp3) is 0.347. The van der Waals surface area contributed by atoms with Crippen molar-refractivity contribution < 1.29 is 29.1 Å². The maximum atomic E-state index is 14.2. The van der Waals surface area contributed by atoms with Crippen LogP contribution in [0.2, 0.25) is 0 Å². The predicted molar refractivity (Wildman–Crippen MR) is 246 cm³/mol. The number of carbonyl (C=O) groups is 2. The molecule has 8 rings (SSSR count). The van der Waals surface area contributed by atoms with Gasteiger partial charge >= 0.3 is 0 Å². The van der Waals surface area contributed by atoms with Gasteiger partial charge in [-0.25, -0.2) is 4.98 Å². The number of nitrogens with one attached hydrogen (secondary N) is 2. The summed E-state index contributed by atoms with van der Waals surface area (Å²) in [6, 6.07) is 28.4. The molecule has 332 valence electrons. The van der Waals surface area contributed by atoms with Crippen molar-refractivity contribution in [2.45, 2.75) is 77.6 Å². The number of aromatic amines is 1. The fourth-order valence-corrected chi connectivity index (χ4v) is 9.18. The first-order valence-corrected chi connectivity index (χ1v) is 22.4. The highest BCUT2D eigenvalue weighted by molar-refractivity contribution is 7.13. The maximum absolute atomic E-state index is 14.2. The molecular formula is C49H54N8O6S. The molecule has 4 aromatic heterocycles. The van der Waals surface area contributed by atoms with Gasteiger partial charge in [0.05, 0.1) is 33.4 Å². The highest BCUT2D eigenvalue weighted by atomic mass is 32.1. The molecule has 3 atom stereocenters. The number of aliphatic hydroxyl groups excluding tert-OH is 1. The third-order valence-corrected chi connectivity index (χ3v) is 12.8. The Kier molecular flexibility index (Phi) is 12.9. The average Bonchev–Trinajstić information content (AvgIpc) is 4.08. The number of rotatable bonds is 16. The normalized spacial score (nSPS) is 15.9. The Hall–Kier alpha value is -6.42. The van der Waals surface area contributed by atoms with Gasteiger partial charge in [0.15, 0.2) is 11.4 Å². The van der Waals surface area contributed by atoms with Gasteiger partial charge in [-0.3, -0.25) is 14.5 Å². The number of ether oxygens (including phenoxy) is 1. The van der Waals surface area contributed by atoms with Crippen molar-refractivity contribution in [2.75, 3.05) is 26.7 Å². The van der Waals surface area contributed by atoms with Crippen molar-refractivity contribution in [3.63, 3.8) is 0 Å². The van der Waals surface area contributed by atoms with Crippen molar-refractivity contribution in [3.8, 4) is 33.3 Å². The highest BCUT2D eigenvalue weighted by Gasteiger charge is 2.44. The number of hydrogen-bond donors (Lipinski definition) is 4. The van der Waals surface area contributed by atoms with Crippen LogP contribution in [0.5, 0.6) is 11.6 Å². The molecule has 64 heavy (non-hydrogen) atoms. The van der Waals surface area contributed by atoms with E-state index in [4.69, 9.17) is 9.26 Å². The highest BCUT2D eigenvalue weighted by Crippen LogP contribution is 2.34. The lowest BCUT2D eigenvalue weighted by Gasteiger charge is -2.32. The van der Waals surface area contributed by atoms with E-state index in [1.54, 1.807) is 29.5 Å². The molecule has 1 saturated heterocycles. The molecule has 2 amide bonds. The Morgan fingerprint density at radius 1 is 1.03 bits per heavy atom. The van der Waals surface area contributed by atoms with Gasteiger partial charge in [0.1, 0.15) is 24.3 Å². The number of likely N-dealkylation sites (tertiary alicyclic amines) is 1. The lowest BCUT2D eigenvalue weighted by Crippen LogP contribution is -2.52.